The lowest BCUT2D eigenvalue weighted by Gasteiger charge is -2.28. The molecule has 3 heterocycles. The van der Waals surface area contributed by atoms with Gasteiger partial charge in [0.1, 0.15) is 5.52 Å². The number of halogens is 4. The van der Waals surface area contributed by atoms with E-state index in [2.05, 4.69) is 19.9 Å². The summed E-state index contributed by atoms with van der Waals surface area (Å²) in [5.41, 5.74) is 0.418. The molecule has 1 saturated heterocycles. The highest BCUT2D eigenvalue weighted by Gasteiger charge is 2.35. The number of H-pyrrole nitrogens is 2. The van der Waals surface area contributed by atoms with Crippen LogP contribution in [0.25, 0.3) is 22.6 Å². The molecule has 0 radical (unpaired) electrons. The summed E-state index contributed by atoms with van der Waals surface area (Å²) >= 11 is 1.86. The van der Waals surface area contributed by atoms with Gasteiger partial charge in [0.2, 0.25) is 0 Å². The number of ketones is 1. The minimum absolute atomic E-state index is 0.0501. The lowest BCUT2D eigenvalue weighted by atomic mass is 9.99. The van der Waals surface area contributed by atoms with Gasteiger partial charge in [-0.15, -0.1) is 0 Å². The summed E-state index contributed by atoms with van der Waals surface area (Å²) in [6, 6.07) is 9.35. The number of imidazole rings is 1. The molecule has 0 spiro atoms. The van der Waals surface area contributed by atoms with E-state index in [1.165, 1.54) is 30.5 Å². The van der Waals surface area contributed by atoms with E-state index in [-0.39, 0.29) is 11.1 Å². The van der Waals surface area contributed by atoms with Crippen LogP contribution in [-0.4, -0.2) is 45.3 Å². The number of hydrogen-bond donors (Lipinski definition) is 2. The number of carbonyl (C=O) groups is 1. The summed E-state index contributed by atoms with van der Waals surface area (Å²) in [5.74, 6) is 1.01. The van der Waals surface area contributed by atoms with Gasteiger partial charge in [0.25, 0.3) is 0 Å². The van der Waals surface area contributed by atoms with E-state index in [4.69, 9.17) is 0 Å². The molecule has 1 aliphatic rings. The summed E-state index contributed by atoms with van der Waals surface area (Å²) in [5, 5.41) is 0. The molecule has 0 saturated carbocycles. The zero-order chi connectivity index (χ0) is 23.2. The van der Waals surface area contributed by atoms with E-state index >= 15 is 0 Å². The van der Waals surface area contributed by atoms with Gasteiger partial charge in [0.15, 0.2) is 17.4 Å². The zero-order valence-corrected chi connectivity index (χ0v) is 18.0. The van der Waals surface area contributed by atoms with Crippen LogP contribution in [0, 0.1) is 5.82 Å². The summed E-state index contributed by atoms with van der Waals surface area (Å²) in [6.45, 7) is 1.66. The Kier molecular flexibility index (Phi) is 5.40. The van der Waals surface area contributed by atoms with Crippen molar-refractivity contribution in [3.8, 4) is 11.5 Å². The van der Waals surface area contributed by atoms with E-state index in [1.807, 2.05) is 17.8 Å². The fraction of sp³-hybridized carbons (Fsp3) is 0.217. The highest BCUT2D eigenvalue weighted by molar-refractivity contribution is 7.99. The number of thioether (sulfide) groups is 1. The standard InChI is InChI=1S/C23H18F4N4OS/c24-17-10-14(31-5-7-33-8-6-31)11-18-20(17)30-22(29-18)19-9-13(12-28-19)21(32)15-3-1-2-4-16(15)23(25,26)27/h1-4,9-12,28H,5-8H2,(H,29,30). The van der Waals surface area contributed by atoms with Crippen LogP contribution in [0.3, 0.4) is 0 Å². The van der Waals surface area contributed by atoms with Gasteiger partial charge >= 0.3 is 6.18 Å². The Morgan fingerprint density at radius 1 is 1.09 bits per heavy atom. The zero-order valence-electron chi connectivity index (χ0n) is 17.2. The molecule has 2 aromatic carbocycles. The summed E-state index contributed by atoms with van der Waals surface area (Å²) in [4.78, 5) is 25.1. The Balaban J connectivity index is 1.47. The number of anilines is 1. The van der Waals surface area contributed by atoms with Crippen molar-refractivity contribution in [1.29, 1.82) is 0 Å². The van der Waals surface area contributed by atoms with E-state index in [9.17, 15) is 22.4 Å². The van der Waals surface area contributed by atoms with Crippen molar-refractivity contribution in [2.24, 2.45) is 0 Å². The van der Waals surface area contributed by atoms with Gasteiger partial charge < -0.3 is 14.9 Å². The van der Waals surface area contributed by atoms with Crippen molar-refractivity contribution in [3.63, 3.8) is 0 Å². The normalized spacial score (nSPS) is 14.7. The van der Waals surface area contributed by atoms with E-state index in [0.29, 0.717) is 17.0 Å². The van der Waals surface area contributed by atoms with Gasteiger partial charge in [-0.3, -0.25) is 4.79 Å². The quantitative estimate of drug-likeness (QED) is 0.303. The van der Waals surface area contributed by atoms with Crippen LogP contribution in [0.15, 0.2) is 48.7 Å². The van der Waals surface area contributed by atoms with Gasteiger partial charge in [-0.05, 0) is 24.3 Å². The molecule has 1 fully saturated rings. The Morgan fingerprint density at radius 3 is 2.61 bits per heavy atom. The van der Waals surface area contributed by atoms with Crippen molar-refractivity contribution in [2.45, 2.75) is 6.18 Å². The number of benzene rings is 2. The Bertz CT molecular complexity index is 1340. The van der Waals surface area contributed by atoms with Crippen LogP contribution in [-0.2, 0) is 6.18 Å². The van der Waals surface area contributed by atoms with Gasteiger partial charge in [0.05, 0.1) is 16.8 Å². The van der Waals surface area contributed by atoms with E-state index in [0.717, 1.165) is 42.4 Å². The lowest BCUT2D eigenvalue weighted by molar-refractivity contribution is -0.137. The third kappa shape index (κ3) is 4.10. The van der Waals surface area contributed by atoms with E-state index in [1.54, 1.807) is 0 Å². The number of carbonyl (C=O) groups excluding carboxylic acids is 1. The molecule has 2 N–H and O–H groups in total. The monoisotopic (exact) mass is 474 g/mol. The Hall–Kier alpha value is -3.27. The van der Waals surface area contributed by atoms with Gasteiger partial charge in [-0.25, -0.2) is 9.37 Å². The maximum absolute atomic E-state index is 14.8. The van der Waals surface area contributed by atoms with Crippen molar-refractivity contribution < 1.29 is 22.4 Å². The number of hydrogen-bond acceptors (Lipinski definition) is 4. The molecule has 33 heavy (non-hydrogen) atoms. The molecule has 4 aromatic rings. The molecular formula is C23H18F4N4OS. The molecule has 5 nitrogen and oxygen atoms in total. The fourth-order valence-electron chi connectivity index (χ4n) is 3.94. The molecule has 1 aliphatic heterocycles. The first-order valence-corrected chi connectivity index (χ1v) is 11.4. The second kappa shape index (κ2) is 8.26. The first-order chi connectivity index (χ1) is 15.8. The number of aromatic nitrogens is 3. The number of fused-ring (bicyclic) bond motifs is 1. The topological polar surface area (TPSA) is 64.8 Å². The van der Waals surface area contributed by atoms with Gasteiger partial charge in [0, 0.05) is 47.6 Å². The SMILES string of the molecule is O=C(c1c[nH]c(-c2nc3c(F)cc(N4CCSCC4)cc3[nH]2)c1)c1ccccc1C(F)(F)F. The third-order valence-corrected chi connectivity index (χ3v) is 6.52. The number of rotatable bonds is 4. The van der Waals surface area contributed by atoms with Crippen molar-refractivity contribution in [2.75, 3.05) is 29.5 Å². The number of aromatic amines is 2. The van der Waals surface area contributed by atoms with Crippen LogP contribution < -0.4 is 4.90 Å². The number of nitrogens with one attached hydrogen (secondary N) is 2. The molecule has 2 aromatic heterocycles. The molecular weight excluding hydrogens is 456 g/mol. The molecule has 0 aliphatic carbocycles. The number of alkyl halides is 3. The average molecular weight is 474 g/mol. The van der Waals surface area contributed by atoms with Crippen molar-refractivity contribution >= 4 is 34.3 Å². The molecule has 5 rings (SSSR count). The highest BCUT2D eigenvalue weighted by atomic mass is 32.2. The minimum atomic E-state index is -4.65. The van der Waals surface area contributed by atoms with Crippen LogP contribution in [0.1, 0.15) is 21.5 Å². The summed E-state index contributed by atoms with van der Waals surface area (Å²) in [6.07, 6.45) is -3.32. The molecule has 0 bridgehead atoms. The molecule has 0 amide bonds. The van der Waals surface area contributed by atoms with Crippen molar-refractivity contribution in [3.05, 3.63) is 71.2 Å². The van der Waals surface area contributed by atoms with Crippen LogP contribution in [0.2, 0.25) is 0 Å². The largest absolute Gasteiger partial charge is 0.417 e. The van der Waals surface area contributed by atoms with Crippen LogP contribution in [0.5, 0.6) is 0 Å². The second-order valence-corrected chi connectivity index (χ2v) is 8.91. The minimum Gasteiger partial charge on any atom is -0.370 e. The van der Waals surface area contributed by atoms with E-state index < -0.39 is 28.9 Å². The predicted molar refractivity (Wildman–Crippen MR) is 120 cm³/mol. The lowest BCUT2D eigenvalue weighted by Crippen LogP contribution is -2.32. The Morgan fingerprint density at radius 2 is 1.85 bits per heavy atom. The van der Waals surface area contributed by atoms with Gasteiger partial charge in [-0.1, -0.05) is 18.2 Å². The molecule has 0 atom stereocenters. The summed E-state index contributed by atoms with van der Waals surface area (Å²) in [7, 11) is 0. The fourth-order valence-corrected chi connectivity index (χ4v) is 4.84. The number of nitrogens with zero attached hydrogens (tertiary/aromatic N) is 2. The molecule has 170 valence electrons. The summed E-state index contributed by atoms with van der Waals surface area (Å²) < 4.78 is 54.7. The van der Waals surface area contributed by atoms with Crippen LogP contribution >= 0.6 is 11.8 Å². The maximum Gasteiger partial charge on any atom is 0.417 e. The average Bonchev–Trinajstić information content (AvgIpc) is 3.46. The second-order valence-electron chi connectivity index (χ2n) is 7.68. The maximum atomic E-state index is 14.8. The Labute approximate surface area is 190 Å². The van der Waals surface area contributed by atoms with Crippen LogP contribution in [0.4, 0.5) is 23.2 Å². The highest BCUT2D eigenvalue weighted by Crippen LogP contribution is 2.33. The first kappa shape index (κ1) is 21.6. The third-order valence-electron chi connectivity index (χ3n) is 5.58. The van der Waals surface area contributed by atoms with Crippen molar-refractivity contribution in [1.82, 2.24) is 15.0 Å². The molecule has 0 unspecified atom stereocenters. The van der Waals surface area contributed by atoms with Gasteiger partial charge in [-0.2, -0.15) is 24.9 Å². The predicted octanol–water partition coefficient (Wildman–Crippen LogP) is 5.50. The molecule has 10 heteroatoms. The smallest absolute Gasteiger partial charge is 0.370 e. The first-order valence-electron chi connectivity index (χ1n) is 10.2.